The smallest absolute Gasteiger partial charge is 0.254 e. The van der Waals surface area contributed by atoms with Gasteiger partial charge in [0.05, 0.1) is 28.3 Å². The molecule has 35 heavy (non-hydrogen) atoms. The first-order chi connectivity index (χ1) is 17.1. The molecule has 0 saturated carbocycles. The van der Waals surface area contributed by atoms with Crippen molar-refractivity contribution in [3.8, 4) is 6.07 Å². The minimum atomic E-state index is -0.572. The van der Waals surface area contributed by atoms with Crippen molar-refractivity contribution in [2.75, 3.05) is 16.4 Å². The molecule has 1 atom stereocenters. The monoisotopic (exact) mass is 481 g/mol. The van der Waals surface area contributed by atoms with Crippen LogP contribution in [0, 0.1) is 11.3 Å². The molecule has 8 heteroatoms. The number of nitrogens with one attached hydrogen (secondary N) is 3. The van der Waals surface area contributed by atoms with Crippen molar-refractivity contribution in [2.24, 2.45) is 0 Å². The van der Waals surface area contributed by atoms with E-state index in [2.05, 4.69) is 27.0 Å². The minimum Gasteiger partial charge on any atom is -0.353 e. The molecule has 0 spiro atoms. The Morgan fingerprint density at radius 2 is 1.60 bits per heavy atom. The Hall–Kier alpha value is -4.35. The predicted molar refractivity (Wildman–Crippen MR) is 138 cm³/mol. The first-order valence-electron chi connectivity index (χ1n) is 10.9. The van der Waals surface area contributed by atoms with E-state index in [1.807, 2.05) is 67.6 Å². The lowest BCUT2D eigenvalue weighted by atomic mass is 9.82. The number of anilines is 2. The van der Waals surface area contributed by atoms with Crippen molar-refractivity contribution in [2.45, 2.75) is 12.8 Å². The SMILES string of the molecule is CC1=C(C(=O)Nc2ccccc2)C(c2ccccc2)C(C#N)=C(SCC(=O)Nc2ccncc2)N1. The standard InChI is InChI=1S/C27H23N5O2S/c1-18-24(26(34)32-20-10-6-3-7-11-20)25(19-8-4-2-5-9-19)22(16-28)27(30-18)35-17-23(33)31-21-12-14-29-15-13-21/h2-15,25,30H,17H2,1H3,(H,32,34)(H,29,31,33). The van der Waals surface area contributed by atoms with Gasteiger partial charge in [-0.3, -0.25) is 14.6 Å². The maximum atomic E-state index is 13.4. The number of pyridine rings is 1. The molecule has 3 N–H and O–H groups in total. The normalized spacial score (nSPS) is 15.1. The highest BCUT2D eigenvalue weighted by Crippen LogP contribution is 2.40. The second-order valence-corrected chi connectivity index (χ2v) is 8.74. The summed E-state index contributed by atoms with van der Waals surface area (Å²) in [5.74, 6) is -0.978. The Kier molecular flexibility index (Phi) is 7.60. The molecule has 2 aromatic carbocycles. The first kappa shape index (κ1) is 23.8. The minimum absolute atomic E-state index is 0.0934. The van der Waals surface area contributed by atoms with Gasteiger partial charge in [-0.15, -0.1) is 0 Å². The quantitative estimate of drug-likeness (QED) is 0.448. The predicted octanol–water partition coefficient (Wildman–Crippen LogP) is 4.79. The summed E-state index contributed by atoms with van der Waals surface area (Å²) in [5, 5.41) is 19.7. The number of aromatic nitrogens is 1. The van der Waals surface area contributed by atoms with E-state index >= 15 is 0 Å². The van der Waals surface area contributed by atoms with Crippen LogP contribution in [0.1, 0.15) is 18.4 Å². The highest BCUT2D eigenvalue weighted by atomic mass is 32.2. The van der Waals surface area contributed by atoms with E-state index in [0.717, 1.165) is 5.56 Å². The maximum Gasteiger partial charge on any atom is 0.254 e. The first-order valence-corrected chi connectivity index (χ1v) is 11.9. The molecule has 1 aliphatic heterocycles. The number of carbonyl (C=O) groups excluding carboxylic acids is 2. The topological polar surface area (TPSA) is 107 Å². The molecular formula is C27H23N5O2S. The molecule has 0 fully saturated rings. The van der Waals surface area contributed by atoms with Crippen molar-refractivity contribution in [3.05, 3.63) is 113 Å². The summed E-state index contributed by atoms with van der Waals surface area (Å²) in [6, 6.07) is 24.3. The number of nitrogens with zero attached hydrogens (tertiary/aromatic N) is 2. The number of hydrogen-bond acceptors (Lipinski definition) is 6. The lowest BCUT2D eigenvalue weighted by Crippen LogP contribution is -2.31. The average Bonchev–Trinajstić information content (AvgIpc) is 2.88. The van der Waals surface area contributed by atoms with Crippen LogP contribution in [0.3, 0.4) is 0 Å². The third kappa shape index (κ3) is 5.78. The lowest BCUT2D eigenvalue weighted by Gasteiger charge is -2.29. The number of nitriles is 1. The van der Waals surface area contributed by atoms with Gasteiger partial charge in [-0.05, 0) is 36.8 Å². The average molecular weight is 482 g/mol. The molecule has 3 aromatic rings. The molecule has 0 saturated heterocycles. The van der Waals surface area contributed by atoms with Crippen LogP contribution in [-0.4, -0.2) is 22.6 Å². The molecular weight excluding hydrogens is 458 g/mol. The molecule has 0 radical (unpaired) electrons. The zero-order valence-corrected chi connectivity index (χ0v) is 19.8. The van der Waals surface area contributed by atoms with E-state index in [1.165, 1.54) is 11.8 Å². The molecule has 2 heterocycles. The Morgan fingerprint density at radius 3 is 2.26 bits per heavy atom. The van der Waals surface area contributed by atoms with Crippen LogP contribution >= 0.6 is 11.8 Å². The summed E-state index contributed by atoms with van der Waals surface area (Å²) < 4.78 is 0. The number of amides is 2. The van der Waals surface area contributed by atoms with Gasteiger partial charge in [0.15, 0.2) is 0 Å². The lowest BCUT2D eigenvalue weighted by molar-refractivity contribution is -0.114. The Bertz CT molecular complexity index is 1320. The zero-order chi connectivity index (χ0) is 24.6. The Balaban J connectivity index is 1.61. The van der Waals surface area contributed by atoms with E-state index in [1.54, 1.807) is 24.5 Å². The number of dihydropyridines is 1. The van der Waals surface area contributed by atoms with Crippen LogP contribution in [0.4, 0.5) is 11.4 Å². The van der Waals surface area contributed by atoms with Crippen LogP contribution in [0.15, 0.2) is 107 Å². The van der Waals surface area contributed by atoms with E-state index in [4.69, 9.17) is 0 Å². The third-order valence-electron chi connectivity index (χ3n) is 5.37. The number of thioether (sulfide) groups is 1. The fraction of sp³-hybridized carbons (Fsp3) is 0.111. The van der Waals surface area contributed by atoms with Crippen molar-refractivity contribution in [1.29, 1.82) is 5.26 Å². The second-order valence-electron chi connectivity index (χ2n) is 7.75. The highest BCUT2D eigenvalue weighted by Gasteiger charge is 2.34. The van der Waals surface area contributed by atoms with E-state index in [9.17, 15) is 14.9 Å². The fourth-order valence-corrected chi connectivity index (χ4v) is 4.69. The zero-order valence-electron chi connectivity index (χ0n) is 19.0. The van der Waals surface area contributed by atoms with E-state index < -0.39 is 5.92 Å². The van der Waals surface area contributed by atoms with Crippen LogP contribution < -0.4 is 16.0 Å². The number of para-hydroxylation sites is 1. The molecule has 0 bridgehead atoms. The van der Waals surface area contributed by atoms with Crippen LogP contribution in [0.5, 0.6) is 0 Å². The van der Waals surface area contributed by atoms with Crippen molar-refractivity contribution >= 4 is 35.0 Å². The van der Waals surface area contributed by atoms with Crippen LogP contribution in [0.25, 0.3) is 0 Å². The molecule has 4 rings (SSSR count). The third-order valence-corrected chi connectivity index (χ3v) is 6.39. The van der Waals surface area contributed by atoms with Crippen molar-refractivity contribution in [3.63, 3.8) is 0 Å². The summed E-state index contributed by atoms with van der Waals surface area (Å²) in [4.78, 5) is 29.8. The Labute approximate surface area is 208 Å². The summed E-state index contributed by atoms with van der Waals surface area (Å²) in [7, 11) is 0. The fourth-order valence-electron chi connectivity index (χ4n) is 3.80. The van der Waals surface area contributed by atoms with Crippen molar-refractivity contribution in [1.82, 2.24) is 10.3 Å². The van der Waals surface area contributed by atoms with E-state index in [0.29, 0.717) is 33.2 Å². The summed E-state index contributed by atoms with van der Waals surface area (Å²) in [6.07, 6.45) is 3.20. The number of carbonyl (C=O) groups is 2. The van der Waals surface area contributed by atoms with Crippen LogP contribution in [-0.2, 0) is 9.59 Å². The van der Waals surface area contributed by atoms with Gasteiger partial charge in [-0.25, -0.2) is 0 Å². The second kappa shape index (κ2) is 11.2. The van der Waals surface area contributed by atoms with Gasteiger partial charge in [0.25, 0.3) is 5.91 Å². The van der Waals surface area contributed by atoms with Gasteiger partial charge >= 0.3 is 0 Å². The Morgan fingerprint density at radius 1 is 0.971 bits per heavy atom. The van der Waals surface area contributed by atoms with Crippen molar-refractivity contribution < 1.29 is 9.59 Å². The molecule has 2 amide bonds. The van der Waals surface area contributed by atoms with Gasteiger partial charge in [0.1, 0.15) is 0 Å². The molecule has 1 aromatic heterocycles. The maximum absolute atomic E-state index is 13.4. The summed E-state index contributed by atoms with van der Waals surface area (Å²) in [6.45, 7) is 1.81. The van der Waals surface area contributed by atoms with Gasteiger partial charge in [-0.2, -0.15) is 5.26 Å². The molecule has 0 aliphatic carbocycles. The molecule has 7 nitrogen and oxygen atoms in total. The molecule has 174 valence electrons. The van der Waals surface area contributed by atoms with Gasteiger partial charge in [0, 0.05) is 35.0 Å². The van der Waals surface area contributed by atoms with E-state index in [-0.39, 0.29) is 17.6 Å². The molecule has 1 unspecified atom stereocenters. The number of rotatable bonds is 7. The molecule has 1 aliphatic rings. The summed E-state index contributed by atoms with van der Waals surface area (Å²) in [5.41, 5.74) is 3.62. The number of hydrogen-bond donors (Lipinski definition) is 3. The van der Waals surface area contributed by atoms with Gasteiger partial charge in [-0.1, -0.05) is 60.3 Å². The van der Waals surface area contributed by atoms with Crippen LogP contribution in [0.2, 0.25) is 0 Å². The largest absolute Gasteiger partial charge is 0.353 e. The number of benzene rings is 2. The van der Waals surface area contributed by atoms with Gasteiger partial charge in [0.2, 0.25) is 5.91 Å². The summed E-state index contributed by atoms with van der Waals surface area (Å²) >= 11 is 1.23. The highest BCUT2D eigenvalue weighted by molar-refractivity contribution is 8.03. The number of allylic oxidation sites excluding steroid dienone is 2. The van der Waals surface area contributed by atoms with Gasteiger partial charge < -0.3 is 16.0 Å².